The molecule has 3 amide bonds. The maximum Gasteiger partial charge on any atom is 0.408 e. The summed E-state index contributed by atoms with van der Waals surface area (Å²) >= 11 is 0. The minimum atomic E-state index is -4.22. The number of nitrogens with one attached hydrogen (secondary N) is 3. The topological polar surface area (TPSA) is 131 Å². The third-order valence-corrected chi connectivity index (χ3v) is 9.05. The van der Waals surface area contributed by atoms with Crippen LogP contribution in [0, 0.1) is 5.92 Å². The van der Waals surface area contributed by atoms with Crippen LogP contribution in [0.15, 0.2) is 29.2 Å². The van der Waals surface area contributed by atoms with Gasteiger partial charge in [0.2, 0.25) is 0 Å². The van der Waals surface area contributed by atoms with Crippen LogP contribution in [0.2, 0.25) is 0 Å². The lowest BCUT2D eigenvalue weighted by atomic mass is 10.0. The quantitative estimate of drug-likeness (QED) is 0.0951. The lowest BCUT2D eigenvalue weighted by Gasteiger charge is -2.24. The van der Waals surface area contributed by atoms with Crippen LogP contribution in [0.1, 0.15) is 161 Å². The SMILES string of the molecule is CCCCCCCCCCCCCCCCCCNC(=O)c1ccc(S(=O)(=O)NC(=O)[C@H](CC(C)C)NC(=O)OC(C)(C)C)cc1. The van der Waals surface area contributed by atoms with Crippen LogP contribution in [0.3, 0.4) is 0 Å². The molecule has 0 fully saturated rings. The van der Waals surface area contributed by atoms with Crippen LogP contribution in [0.5, 0.6) is 0 Å². The van der Waals surface area contributed by atoms with E-state index in [1.165, 1.54) is 108 Å². The van der Waals surface area contributed by atoms with Crippen LogP contribution in [-0.2, 0) is 19.6 Å². The Kier molecular flexibility index (Phi) is 20.5. The summed E-state index contributed by atoms with van der Waals surface area (Å²) in [5, 5.41) is 5.36. The van der Waals surface area contributed by atoms with Crippen molar-refractivity contribution in [2.75, 3.05) is 6.54 Å². The number of alkyl carbamates (subject to hydrolysis) is 1. The fourth-order valence-corrected chi connectivity index (χ4v) is 6.20. The molecule has 0 aliphatic heterocycles. The summed E-state index contributed by atoms with van der Waals surface area (Å²) in [7, 11) is -4.22. The van der Waals surface area contributed by atoms with Crippen LogP contribution in [0.4, 0.5) is 4.79 Å². The lowest BCUT2D eigenvalue weighted by molar-refractivity contribution is -0.121. The number of hydrogen-bond donors (Lipinski definition) is 3. The molecular weight excluding hydrogens is 602 g/mol. The van der Waals surface area contributed by atoms with Gasteiger partial charge < -0.3 is 15.4 Å². The van der Waals surface area contributed by atoms with Crippen molar-refractivity contribution in [3.63, 3.8) is 0 Å². The van der Waals surface area contributed by atoms with Crippen molar-refractivity contribution in [2.45, 2.75) is 167 Å². The van der Waals surface area contributed by atoms with E-state index in [1.54, 1.807) is 20.8 Å². The summed E-state index contributed by atoms with van der Waals surface area (Å²) in [6.45, 7) is 11.6. The molecule has 0 heterocycles. The van der Waals surface area contributed by atoms with Crippen molar-refractivity contribution in [3.05, 3.63) is 29.8 Å². The van der Waals surface area contributed by atoms with Gasteiger partial charge in [-0.3, -0.25) is 9.59 Å². The molecule has 1 atom stereocenters. The Hall–Kier alpha value is -2.62. The molecular formula is C36H63N3O6S. The molecule has 0 radical (unpaired) electrons. The first-order valence-corrected chi connectivity index (χ1v) is 19.2. The number of amides is 3. The van der Waals surface area contributed by atoms with Crippen molar-refractivity contribution < 1.29 is 27.5 Å². The summed E-state index contributed by atoms with van der Waals surface area (Å²) in [4.78, 5) is 37.5. The molecule has 1 aromatic rings. The first kappa shape index (κ1) is 41.4. The molecule has 0 saturated carbocycles. The third-order valence-electron chi connectivity index (χ3n) is 7.69. The van der Waals surface area contributed by atoms with E-state index in [0.29, 0.717) is 12.1 Å². The molecule has 10 heteroatoms. The Morgan fingerprint density at radius 2 is 1.20 bits per heavy atom. The molecule has 1 aromatic carbocycles. The third kappa shape index (κ3) is 19.8. The molecule has 0 spiro atoms. The van der Waals surface area contributed by atoms with E-state index >= 15 is 0 Å². The highest BCUT2D eigenvalue weighted by Crippen LogP contribution is 2.15. The van der Waals surface area contributed by atoms with Gasteiger partial charge in [-0.15, -0.1) is 0 Å². The number of unbranched alkanes of at least 4 members (excludes halogenated alkanes) is 15. The van der Waals surface area contributed by atoms with Crippen molar-refractivity contribution in [1.82, 2.24) is 15.4 Å². The van der Waals surface area contributed by atoms with E-state index in [2.05, 4.69) is 17.6 Å². The maximum atomic E-state index is 12.9. The minimum absolute atomic E-state index is 0.00500. The van der Waals surface area contributed by atoms with Gasteiger partial charge in [0, 0.05) is 12.1 Å². The minimum Gasteiger partial charge on any atom is -0.444 e. The molecule has 0 aliphatic rings. The zero-order valence-electron chi connectivity index (χ0n) is 29.5. The summed E-state index contributed by atoms with van der Waals surface area (Å²) in [6.07, 6.45) is 20.1. The molecule has 0 bridgehead atoms. The number of hydrogen-bond acceptors (Lipinski definition) is 6. The zero-order chi connectivity index (χ0) is 34.4. The Balaban J connectivity index is 2.33. The van der Waals surface area contributed by atoms with Gasteiger partial charge in [-0.1, -0.05) is 117 Å². The van der Waals surface area contributed by atoms with Gasteiger partial charge >= 0.3 is 6.09 Å². The van der Waals surface area contributed by atoms with E-state index < -0.39 is 33.7 Å². The Morgan fingerprint density at radius 1 is 0.739 bits per heavy atom. The number of sulfonamides is 1. The van der Waals surface area contributed by atoms with Gasteiger partial charge in [0.1, 0.15) is 11.6 Å². The Bertz CT molecular complexity index is 1110. The molecule has 9 nitrogen and oxygen atoms in total. The van der Waals surface area contributed by atoms with E-state index in [-0.39, 0.29) is 23.1 Å². The number of rotatable bonds is 24. The molecule has 0 saturated heterocycles. The smallest absolute Gasteiger partial charge is 0.408 e. The van der Waals surface area contributed by atoms with Crippen molar-refractivity contribution in [1.29, 1.82) is 0 Å². The van der Waals surface area contributed by atoms with E-state index in [0.717, 1.165) is 19.3 Å². The largest absolute Gasteiger partial charge is 0.444 e. The van der Waals surface area contributed by atoms with Crippen molar-refractivity contribution in [2.24, 2.45) is 5.92 Å². The molecule has 3 N–H and O–H groups in total. The van der Waals surface area contributed by atoms with Gasteiger partial charge in [-0.25, -0.2) is 17.9 Å². The second-order valence-electron chi connectivity index (χ2n) is 13.9. The molecule has 0 unspecified atom stereocenters. The normalized spacial score (nSPS) is 12.5. The van der Waals surface area contributed by atoms with Gasteiger partial charge in [-0.05, 0) is 63.8 Å². The standard InChI is InChI=1S/C36H63N3O6S/c1-7-8-9-10-11-12-13-14-15-16-17-18-19-20-21-22-27-37-33(40)30-23-25-31(26-24-30)46(43,44)39-34(41)32(28-29(2)3)38-35(42)45-36(4,5)6/h23-26,29,32H,7-22,27-28H2,1-6H3,(H,37,40)(H,38,42)(H,39,41)/t32-/m0/s1. The highest BCUT2D eigenvalue weighted by Gasteiger charge is 2.28. The molecule has 0 aliphatic carbocycles. The van der Waals surface area contributed by atoms with E-state index in [1.807, 2.05) is 18.6 Å². The summed E-state index contributed by atoms with van der Waals surface area (Å²) in [6, 6.07) is 4.33. The molecule has 46 heavy (non-hydrogen) atoms. The second-order valence-corrected chi connectivity index (χ2v) is 15.6. The first-order chi connectivity index (χ1) is 21.7. The predicted molar refractivity (Wildman–Crippen MR) is 186 cm³/mol. The first-order valence-electron chi connectivity index (χ1n) is 17.7. The predicted octanol–water partition coefficient (Wildman–Crippen LogP) is 8.42. The van der Waals surface area contributed by atoms with Gasteiger partial charge in [-0.2, -0.15) is 0 Å². The monoisotopic (exact) mass is 665 g/mol. The van der Waals surface area contributed by atoms with Crippen LogP contribution in [0.25, 0.3) is 0 Å². The average molecular weight is 666 g/mol. The van der Waals surface area contributed by atoms with Gasteiger partial charge in [0.15, 0.2) is 0 Å². The fourth-order valence-electron chi connectivity index (χ4n) is 5.18. The maximum absolute atomic E-state index is 12.9. The average Bonchev–Trinajstić information content (AvgIpc) is 2.97. The summed E-state index contributed by atoms with van der Waals surface area (Å²) in [5.41, 5.74) is -0.430. The van der Waals surface area contributed by atoms with Crippen LogP contribution in [-0.4, -0.2) is 44.5 Å². The summed E-state index contributed by atoms with van der Waals surface area (Å²) < 4.78 is 33.1. The molecule has 0 aromatic heterocycles. The second kappa shape index (κ2) is 22.8. The molecule has 264 valence electrons. The summed E-state index contributed by atoms with van der Waals surface area (Å²) in [5.74, 6) is -1.13. The number of benzene rings is 1. The number of carbonyl (C=O) groups excluding carboxylic acids is 3. The molecule has 1 rings (SSSR count). The van der Waals surface area contributed by atoms with Crippen molar-refractivity contribution >= 4 is 27.9 Å². The lowest BCUT2D eigenvalue weighted by Crippen LogP contribution is -2.50. The number of ether oxygens (including phenoxy) is 1. The number of carbonyl (C=O) groups is 3. The highest BCUT2D eigenvalue weighted by atomic mass is 32.2. The highest BCUT2D eigenvalue weighted by molar-refractivity contribution is 7.90. The van der Waals surface area contributed by atoms with E-state index in [4.69, 9.17) is 4.74 Å². The van der Waals surface area contributed by atoms with E-state index in [9.17, 15) is 22.8 Å². The van der Waals surface area contributed by atoms with Gasteiger partial charge in [0.25, 0.3) is 21.8 Å². The van der Waals surface area contributed by atoms with Crippen molar-refractivity contribution in [3.8, 4) is 0 Å². The fraction of sp³-hybridized carbons (Fsp3) is 0.750. The Morgan fingerprint density at radius 3 is 1.63 bits per heavy atom. The van der Waals surface area contributed by atoms with Gasteiger partial charge in [0.05, 0.1) is 4.90 Å². The van der Waals surface area contributed by atoms with Crippen LogP contribution < -0.4 is 15.4 Å². The zero-order valence-corrected chi connectivity index (χ0v) is 30.4. The van der Waals surface area contributed by atoms with Crippen LogP contribution >= 0.6 is 0 Å². The Labute approximate surface area is 279 Å².